The summed E-state index contributed by atoms with van der Waals surface area (Å²) in [5, 5.41) is 2.81. The topological polar surface area (TPSA) is 52.7 Å². The molecule has 0 atom stereocenters. The molecule has 1 N–H and O–H groups in total. The molecule has 2 aliphatic heterocycles. The average Bonchev–Trinajstić information content (AvgIpc) is 2.74. The molecule has 0 aromatic heterocycles. The Balaban J connectivity index is 1.76. The van der Waals surface area contributed by atoms with Gasteiger partial charge in [-0.3, -0.25) is 9.69 Å². The van der Waals surface area contributed by atoms with Crippen molar-refractivity contribution in [3.63, 3.8) is 0 Å². The average molecular weight is 389 g/mol. The number of aryl methyl sites for hydroxylation is 2. The van der Waals surface area contributed by atoms with Gasteiger partial charge in [-0.25, -0.2) is 4.79 Å². The van der Waals surface area contributed by atoms with Crippen molar-refractivity contribution in [2.75, 3.05) is 29.4 Å². The number of nitrogens with zero attached hydrogens (tertiary/aromatic N) is 2. The van der Waals surface area contributed by atoms with Crippen LogP contribution in [-0.4, -0.2) is 32.0 Å². The lowest BCUT2D eigenvalue weighted by Crippen LogP contribution is -2.39. The highest BCUT2D eigenvalue weighted by atomic mass is 16.2. The number of anilines is 2. The molecule has 2 aromatic rings. The van der Waals surface area contributed by atoms with Crippen molar-refractivity contribution in [1.29, 1.82) is 0 Å². The van der Waals surface area contributed by atoms with E-state index in [1.165, 1.54) is 21.7 Å². The number of rotatable bonds is 5. The van der Waals surface area contributed by atoms with Crippen LogP contribution in [0, 0.1) is 0 Å². The van der Waals surface area contributed by atoms with Crippen molar-refractivity contribution in [3.05, 3.63) is 64.9 Å². The van der Waals surface area contributed by atoms with Crippen LogP contribution in [0.2, 0.25) is 0 Å². The summed E-state index contributed by atoms with van der Waals surface area (Å²) in [7, 11) is 0. The number of hydrogen-bond donors (Lipinski definition) is 1. The Morgan fingerprint density at radius 1 is 1.10 bits per heavy atom. The second kappa shape index (κ2) is 8.52. The molecule has 0 radical (unpaired) electrons. The SMILES string of the molecule is CCNC(=O)N(/C(C=O)=C/c1cc2c3c(c1)CCCN3CCC2)c1ccccc1. The van der Waals surface area contributed by atoms with Gasteiger partial charge in [-0.15, -0.1) is 0 Å². The van der Waals surface area contributed by atoms with Crippen LogP contribution in [-0.2, 0) is 17.6 Å². The molecule has 0 aliphatic carbocycles. The third-order valence-corrected chi connectivity index (χ3v) is 5.59. The van der Waals surface area contributed by atoms with Gasteiger partial charge in [-0.05, 0) is 79.6 Å². The Morgan fingerprint density at radius 2 is 1.76 bits per heavy atom. The molecule has 4 rings (SSSR count). The second-order valence-corrected chi connectivity index (χ2v) is 7.58. The van der Waals surface area contributed by atoms with E-state index in [1.54, 1.807) is 0 Å². The first-order valence-electron chi connectivity index (χ1n) is 10.4. The van der Waals surface area contributed by atoms with E-state index >= 15 is 0 Å². The van der Waals surface area contributed by atoms with Crippen molar-refractivity contribution >= 4 is 29.8 Å². The van der Waals surface area contributed by atoms with E-state index in [0.717, 1.165) is 50.6 Å². The minimum Gasteiger partial charge on any atom is -0.371 e. The van der Waals surface area contributed by atoms with Gasteiger partial charge >= 0.3 is 6.03 Å². The molecule has 2 aliphatic rings. The minimum atomic E-state index is -0.303. The Bertz CT molecular complexity index is 905. The van der Waals surface area contributed by atoms with Gasteiger partial charge in [0.15, 0.2) is 6.29 Å². The lowest BCUT2D eigenvalue weighted by atomic mass is 9.90. The minimum absolute atomic E-state index is 0.303. The monoisotopic (exact) mass is 389 g/mol. The molecule has 0 saturated heterocycles. The molecule has 5 nitrogen and oxygen atoms in total. The normalized spacial score (nSPS) is 15.5. The van der Waals surface area contributed by atoms with Gasteiger partial charge in [-0.1, -0.05) is 18.2 Å². The zero-order chi connectivity index (χ0) is 20.2. The first-order chi connectivity index (χ1) is 14.2. The summed E-state index contributed by atoms with van der Waals surface area (Å²) in [5.74, 6) is 0. The third-order valence-electron chi connectivity index (χ3n) is 5.59. The summed E-state index contributed by atoms with van der Waals surface area (Å²) in [4.78, 5) is 28.7. The molecule has 2 heterocycles. The summed E-state index contributed by atoms with van der Waals surface area (Å²) in [6, 6.07) is 13.3. The van der Waals surface area contributed by atoms with Crippen LogP contribution in [0.5, 0.6) is 0 Å². The smallest absolute Gasteiger partial charge is 0.326 e. The van der Waals surface area contributed by atoms with Gasteiger partial charge in [0.2, 0.25) is 0 Å². The maximum absolute atomic E-state index is 12.8. The molecule has 2 amide bonds. The number of urea groups is 1. The number of carbonyl (C=O) groups excluding carboxylic acids is 2. The molecule has 2 aromatic carbocycles. The molecule has 29 heavy (non-hydrogen) atoms. The maximum atomic E-state index is 12.8. The first kappa shape index (κ1) is 19.2. The molecule has 150 valence electrons. The third kappa shape index (κ3) is 3.90. The van der Waals surface area contributed by atoms with Crippen molar-refractivity contribution in [3.8, 4) is 0 Å². The number of allylic oxidation sites excluding steroid dienone is 1. The standard InChI is InChI=1S/C24H27N3O2/c1-2-25-24(29)27(21-10-4-3-5-11-21)22(17-28)16-18-14-19-8-6-12-26-13-7-9-20(15-18)23(19)26/h3-5,10-11,14-17H,2,6-9,12-13H2,1H3,(H,25,29)/b22-16+. The van der Waals surface area contributed by atoms with Crippen LogP contribution in [0.15, 0.2) is 48.2 Å². The number of benzene rings is 2. The van der Waals surface area contributed by atoms with E-state index in [4.69, 9.17) is 0 Å². The van der Waals surface area contributed by atoms with Crippen LogP contribution >= 0.6 is 0 Å². The molecular formula is C24H27N3O2. The van der Waals surface area contributed by atoms with Gasteiger partial charge < -0.3 is 10.2 Å². The summed E-state index contributed by atoms with van der Waals surface area (Å²) < 4.78 is 0. The molecular weight excluding hydrogens is 362 g/mol. The van der Waals surface area contributed by atoms with Gasteiger partial charge in [0.25, 0.3) is 0 Å². The molecule has 0 bridgehead atoms. The Labute approximate surface area is 172 Å². The van der Waals surface area contributed by atoms with Crippen LogP contribution in [0.4, 0.5) is 16.2 Å². The van der Waals surface area contributed by atoms with Crippen LogP contribution in [0.1, 0.15) is 36.5 Å². The highest BCUT2D eigenvalue weighted by Crippen LogP contribution is 2.36. The quantitative estimate of drug-likeness (QED) is 0.617. The summed E-state index contributed by atoms with van der Waals surface area (Å²) in [5.41, 5.74) is 6.09. The van der Waals surface area contributed by atoms with E-state index in [-0.39, 0.29) is 6.03 Å². The number of hydrogen-bond acceptors (Lipinski definition) is 3. The number of carbonyl (C=O) groups is 2. The molecule has 0 saturated carbocycles. The lowest BCUT2D eigenvalue weighted by Gasteiger charge is -2.37. The van der Waals surface area contributed by atoms with Crippen LogP contribution in [0.25, 0.3) is 6.08 Å². The van der Waals surface area contributed by atoms with Crippen molar-refractivity contribution in [2.45, 2.75) is 32.6 Å². The fourth-order valence-electron chi connectivity index (χ4n) is 4.43. The van der Waals surface area contributed by atoms with E-state index in [0.29, 0.717) is 17.9 Å². The predicted molar refractivity (Wildman–Crippen MR) is 117 cm³/mol. The summed E-state index contributed by atoms with van der Waals surface area (Å²) >= 11 is 0. The predicted octanol–water partition coefficient (Wildman–Crippen LogP) is 4.16. The molecule has 0 spiro atoms. The van der Waals surface area contributed by atoms with E-state index in [1.807, 2.05) is 43.3 Å². The fraction of sp³-hybridized carbons (Fsp3) is 0.333. The lowest BCUT2D eigenvalue weighted by molar-refractivity contribution is -0.104. The summed E-state index contributed by atoms with van der Waals surface area (Å²) in [6.07, 6.45) is 7.05. The second-order valence-electron chi connectivity index (χ2n) is 7.58. The Hall–Kier alpha value is -3.08. The zero-order valence-corrected chi connectivity index (χ0v) is 16.9. The van der Waals surface area contributed by atoms with Gasteiger partial charge in [-0.2, -0.15) is 0 Å². The van der Waals surface area contributed by atoms with E-state index in [2.05, 4.69) is 22.3 Å². The highest BCUT2D eigenvalue weighted by Gasteiger charge is 2.25. The maximum Gasteiger partial charge on any atom is 0.326 e. The van der Waals surface area contributed by atoms with Crippen LogP contribution < -0.4 is 15.1 Å². The largest absolute Gasteiger partial charge is 0.371 e. The number of para-hydroxylation sites is 1. The molecule has 0 unspecified atom stereocenters. The van der Waals surface area contributed by atoms with Gasteiger partial charge in [0, 0.05) is 25.3 Å². The first-order valence-corrected chi connectivity index (χ1v) is 10.4. The fourth-order valence-corrected chi connectivity index (χ4v) is 4.43. The number of aldehydes is 1. The molecule has 0 fully saturated rings. The summed E-state index contributed by atoms with van der Waals surface area (Å²) in [6.45, 7) is 4.62. The number of amides is 2. The van der Waals surface area contributed by atoms with E-state index < -0.39 is 0 Å². The van der Waals surface area contributed by atoms with Gasteiger partial charge in [0.05, 0.1) is 11.4 Å². The zero-order valence-electron chi connectivity index (χ0n) is 16.9. The van der Waals surface area contributed by atoms with E-state index in [9.17, 15) is 9.59 Å². The van der Waals surface area contributed by atoms with Crippen molar-refractivity contribution in [1.82, 2.24) is 5.32 Å². The van der Waals surface area contributed by atoms with Crippen molar-refractivity contribution in [2.24, 2.45) is 0 Å². The van der Waals surface area contributed by atoms with Crippen molar-refractivity contribution < 1.29 is 9.59 Å². The number of nitrogens with one attached hydrogen (secondary N) is 1. The molecule has 5 heteroatoms. The van der Waals surface area contributed by atoms with Crippen LogP contribution in [0.3, 0.4) is 0 Å². The highest BCUT2D eigenvalue weighted by molar-refractivity contribution is 6.04. The Morgan fingerprint density at radius 3 is 2.34 bits per heavy atom. The Kier molecular flexibility index (Phi) is 5.65. The van der Waals surface area contributed by atoms with Gasteiger partial charge in [0.1, 0.15) is 0 Å².